The van der Waals surface area contributed by atoms with E-state index in [1.165, 1.54) is 6.08 Å². The van der Waals surface area contributed by atoms with E-state index < -0.39 is 5.91 Å². The van der Waals surface area contributed by atoms with Gasteiger partial charge in [-0.15, -0.1) is 6.58 Å². The van der Waals surface area contributed by atoms with E-state index in [1.807, 2.05) is 25.1 Å². The number of methoxy groups -OCH3 is 1. The molecule has 1 aliphatic heterocycles. The number of benzene rings is 2. The van der Waals surface area contributed by atoms with E-state index in [-0.39, 0.29) is 18.1 Å². The molecule has 2 aromatic carbocycles. The third kappa shape index (κ3) is 3.59. The summed E-state index contributed by atoms with van der Waals surface area (Å²) in [5.74, 6) is -0.212. The Morgan fingerprint density at radius 3 is 2.48 bits per heavy atom. The van der Waals surface area contributed by atoms with Crippen molar-refractivity contribution in [2.24, 2.45) is 0 Å². The minimum atomic E-state index is -0.409. The van der Waals surface area contributed by atoms with Gasteiger partial charge in [0.15, 0.2) is 0 Å². The molecule has 2 aromatic rings. The van der Waals surface area contributed by atoms with E-state index >= 15 is 0 Å². The molecule has 0 spiro atoms. The normalized spacial score (nSPS) is 14.0. The number of carbonyl (C=O) groups excluding carboxylic acids is 2. The summed E-state index contributed by atoms with van der Waals surface area (Å²) in [5, 5.41) is 3.66. The molecule has 2 amide bonds. The van der Waals surface area contributed by atoms with Crippen molar-refractivity contribution in [2.75, 3.05) is 19.0 Å². The first kappa shape index (κ1) is 18.7. The largest absolute Gasteiger partial charge is 0.495 e. The molecule has 0 bridgehead atoms. The number of nitrogens with one attached hydrogen (secondary N) is 1. The predicted molar refractivity (Wildman–Crippen MR) is 107 cm³/mol. The van der Waals surface area contributed by atoms with Crippen LogP contribution in [0.1, 0.15) is 11.1 Å². The van der Waals surface area contributed by atoms with Gasteiger partial charge in [-0.2, -0.15) is 0 Å². The Hall–Kier alpha value is -3.05. The Balaban J connectivity index is 2.12. The summed E-state index contributed by atoms with van der Waals surface area (Å²) in [6.07, 6.45) is 1.52. The average Bonchev–Trinajstić information content (AvgIpc) is 2.88. The molecule has 5 nitrogen and oxygen atoms in total. The summed E-state index contributed by atoms with van der Waals surface area (Å²) in [4.78, 5) is 27.0. The molecule has 0 atom stereocenters. The van der Waals surface area contributed by atoms with Gasteiger partial charge in [0.25, 0.3) is 11.8 Å². The summed E-state index contributed by atoms with van der Waals surface area (Å²) < 4.78 is 5.38. The number of amides is 2. The maximum atomic E-state index is 12.9. The van der Waals surface area contributed by atoms with Crippen molar-refractivity contribution >= 4 is 34.7 Å². The first-order chi connectivity index (χ1) is 13.0. The van der Waals surface area contributed by atoms with Crippen molar-refractivity contribution < 1.29 is 14.3 Å². The monoisotopic (exact) mass is 382 g/mol. The van der Waals surface area contributed by atoms with Crippen molar-refractivity contribution in [3.05, 3.63) is 77.0 Å². The first-order valence-corrected chi connectivity index (χ1v) is 8.73. The van der Waals surface area contributed by atoms with Gasteiger partial charge in [0, 0.05) is 11.6 Å². The number of rotatable bonds is 6. The molecule has 1 aliphatic rings. The molecule has 0 saturated heterocycles. The van der Waals surface area contributed by atoms with Crippen LogP contribution in [0.25, 0.3) is 5.57 Å². The Labute approximate surface area is 162 Å². The zero-order valence-electron chi connectivity index (χ0n) is 15.1. The second kappa shape index (κ2) is 7.68. The molecule has 138 valence electrons. The van der Waals surface area contributed by atoms with Gasteiger partial charge in [-0.3, -0.25) is 14.5 Å². The molecule has 0 saturated carbocycles. The van der Waals surface area contributed by atoms with E-state index in [0.29, 0.717) is 27.6 Å². The number of hydrogen-bond acceptors (Lipinski definition) is 4. The molecule has 6 heteroatoms. The van der Waals surface area contributed by atoms with Gasteiger partial charge in [0.1, 0.15) is 11.4 Å². The summed E-state index contributed by atoms with van der Waals surface area (Å²) in [6.45, 7) is 5.69. The highest BCUT2D eigenvalue weighted by molar-refractivity contribution is 6.37. The lowest BCUT2D eigenvalue weighted by atomic mass is 10.0. The van der Waals surface area contributed by atoms with Gasteiger partial charge in [0.05, 0.1) is 18.4 Å². The lowest BCUT2D eigenvalue weighted by Crippen LogP contribution is -2.32. The first-order valence-electron chi connectivity index (χ1n) is 8.35. The Morgan fingerprint density at radius 2 is 1.85 bits per heavy atom. The maximum absolute atomic E-state index is 12.9. The molecule has 3 rings (SSSR count). The molecular formula is C21H19ClN2O3. The van der Waals surface area contributed by atoms with Crippen LogP contribution < -0.4 is 10.1 Å². The summed E-state index contributed by atoms with van der Waals surface area (Å²) in [6, 6.07) is 12.4. The summed E-state index contributed by atoms with van der Waals surface area (Å²) in [7, 11) is 1.55. The predicted octanol–water partition coefficient (Wildman–Crippen LogP) is 4.04. The second-order valence-electron chi connectivity index (χ2n) is 6.10. The van der Waals surface area contributed by atoms with E-state index in [2.05, 4.69) is 11.9 Å². The number of nitrogens with zero attached hydrogens (tertiary/aromatic N) is 1. The van der Waals surface area contributed by atoms with Crippen LogP contribution in [0.3, 0.4) is 0 Å². The Morgan fingerprint density at radius 1 is 1.15 bits per heavy atom. The van der Waals surface area contributed by atoms with Crippen LogP contribution in [0.15, 0.2) is 60.8 Å². The fourth-order valence-electron chi connectivity index (χ4n) is 2.93. The van der Waals surface area contributed by atoms with E-state index in [0.717, 1.165) is 10.5 Å². The average molecular weight is 383 g/mol. The molecule has 0 aliphatic carbocycles. The fraction of sp³-hybridized carbons (Fsp3) is 0.143. The van der Waals surface area contributed by atoms with Crippen LogP contribution in [0.2, 0.25) is 5.02 Å². The Bertz CT molecular complexity index is 948. The van der Waals surface area contributed by atoms with Gasteiger partial charge in [-0.05, 0) is 42.3 Å². The smallest absolute Gasteiger partial charge is 0.278 e. The van der Waals surface area contributed by atoms with Crippen LogP contribution in [0.5, 0.6) is 5.75 Å². The fourth-order valence-corrected chi connectivity index (χ4v) is 3.05. The molecular weight excluding hydrogens is 364 g/mol. The second-order valence-corrected chi connectivity index (χ2v) is 6.53. The number of hydrogen-bond donors (Lipinski definition) is 1. The molecule has 27 heavy (non-hydrogen) atoms. The highest BCUT2D eigenvalue weighted by atomic mass is 35.5. The van der Waals surface area contributed by atoms with Crippen LogP contribution in [0, 0.1) is 6.92 Å². The van der Waals surface area contributed by atoms with Gasteiger partial charge in [-0.25, -0.2) is 0 Å². The number of halogens is 1. The third-order valence-electron chi connectivity index (χ3n) is 4.23. The lowest BCUT2D eigenvalue weighted by molar-refractivity contribution is -0.136. The molecule has 1 N–H and O–H groups in total. The minimum absolute atomic E-state index is 0.130. The van der Waals surface area contributed by atoms with Crippen LogP contribution in [0.4, 0.5) is 5.69 Å². The zero-order valence-corrected chi connectivity index (χ0v) is 15.8. The quantitative estimate of drug-likeness (QED) is 0.605. The van der Waals surface area contributed by atoms with Crippen molar-refractivity contribution in [3.8, 4) is 5.75 Å². The SMILES string of the molecule is C=CCN1C(=O)C(Nc2cc(C)ccc2OC)=C(c2ccc(Cl)cc2)C1=O. The van der Waals surface area contributed by atoms with E-state index in [4.69, 9.17) is 16.3 Å². The topological polar surface area (TPSA) is 58.6 Å². The van der Waals surface area contributed by atoms with Gasteiger partial charge in [-0.1, -0.05) is 35.9 Å². The number of anilines is 1. The molecule has 0 radical (unpaired) electrons. The molecule has 0 fully saturated rings. The van der Waals surface area contributed by atoms with Crippen molar-refractivity contribution in [1.82, 2.24) is 4.90 Å². The lowest BCUT2D eigenvalue weighted by Gasteiger charge is -2.14. The minimum Gasteiger partial charge on any atom is -0.495 e. The van der Waals surface area contributed by atoms with E-state index in [9.17, 15) is 9.59 Å². The zero-order chi connectivity index (χ0) is 19.6. The highest BCUT2D eigenvalue weighted by Gasteiger charge is 2.38. The van der Waals surface area contributed by atoms with Crippen LogP contribution in [-0.2, 0) is 9.59 Å². The van der Waals surface area contributed by atoms with E-state index in [1.54, 1.807) is 31.4 Å². The molecule has 0 aromatic heterocycles. The maximum Gasteiger partial charge on any atom is 0.278 e. The number of ether oxygens (including phenoxy) is 1. The van der Waals surface area contributed by atoms with Gasteiger partial charge >= 0.3 is 0 Å². The number of carbonyl (C=O) groups is 2. The Kier molecular flexibility index (Phi) is 5.33. The standard InChI is InChI=1S/C21H19ClN2O3/c1-4-11-24-20(25)18(14-6-8-15(22)9-7-14)19(21(24)26)23-16-12-13(2)5-10-17(16)27-3/h4-10,12,23H,1,11H2,2-3H3. The summed E-state index contributed by atoms with van der Waals surface area (Å²) >= 11 is 5.96. The van der Waals surface area contributed by atoms with Crippen molar-refractivity contribution in [2.45, 2.75) is 6.92 Å². The molecule has 1 heterocycles. The number of aryl methyl sites for hydroxylation is 1. The third-order valence-corrected chi connectivity index (χ3v) is 4.48. The van der Waals surface area contributed by atoms with Crippen LogP contribution in [-0.4, -0.2) is 30.4 Å². The van der Waals surface area contributed by atoms with Crippen LogP contribution >= 0.6 is 11.6 Å². The van der Waals surface area contributed by atoms with Gasteiger partial charge in [0.2, 0.25) is 0 Å². The van der Waals surface area contributed by atoms with Crippen molar-refractivity contribution in [3.63, 3.8) is 0 Å². The van der Waals surface area contributed by atoms with Gasteiger partial charge < -0.3 is 10.1 Å². The highest BCUT2D eigenvalue weighted by Crippen LogP contribution is 2.34. The summed E-state index contributed by atoms with van der Waals surface area (Å²) in [5.41, 5.74) is 2.71. The van der Waals surface area contributed by atoms with Crippen molar-refractivity contribution in [1.29, 1.82) is 0 Å². The molecule has 0 unspecified atom stereocenters. The number of imide groups is 1.